The van der Waals surface area contributed by atoms with Gasteiger partial charge in [0, 0.05) is 26.6 Å². The summed E-state index contributed by atoms with van der Waals surface area (Å²) in [7, 11) is 1.52. The van der Waals surface area contributed by atoms with E-state index in [1.165, 1.54) is 12.0 Å². The molecular formula is C11H18N2O4. The molecule has 0 saturated carbocycles. The summed E-state index contributed by atoms with van der Waals surface area (Å²) in [5.41, 5.74) is 0. The summed E-state index contributed by atoms with van der Waals surface area (Å²) in [4.78, 5) is 24.1. The van der Waals surface area contributed by atoms with Gasteiger partial charge in [-0.15, -0.1) is 6.58 Å². The molecular weight excluding hydrogens is 224 g/mol. The van der Waals surface area contributed by atoms with Crippen molar-refractivity contribution in [3.8, 4) is 0 Å². The minimum atomic E-state index is -0.997. The van der Waals surface area contributed by atoms with Gasteiger partial charge in [-0.25, -0.2) is 9.59 Å². The Bertz CT molecular complexity index is 306. The van der Waals surface area contributed by atoms with Gasteiger partial charge in [-0.3, -0.25) is 0 Å². The van der Waals surface area contributed by atoms with E-state index in [0.717, 1.165) is 0 Å². The number of methoxy groups -OCH3 is 1. The number of nitrogens with zero attached hydrogens (tertiary/aromatic N) is 1. The number of carboxylic acid groups (broad SMARTS) is 1. The largest absolute Gasteiger partial charge is 0.480 e. The molecule has 17 heavy (non-hydrogen) atoms. The summed E-state index contributed by atoms with van der Waals surface area (Å²) in [5.74, 6) is -0.997. The first kappa shape index (κ1) is 13.5. The SMILES string of the molecule is C=CCCNC(=O)N1CC(OC)CC1C(=O)O. The smallest absolute Gasteiger partial charge is 0.326 e. The molecule has 6 heteroatoms. The zero-order valence-electron chi connectivity index (χ0n) is 9.89. The second-order valence-electron chi connectivity index (χ2n) is 3.91. The lowest BCUT2D eigenvalue weighted by Crippen LogP contribution is -2.46. The zero-order valence-corrected chi connectivity index (χ0v) is 9.89. The minimum absolute atomic E-state index is 0.207. The number of carbonyl (C=O) groups excluding carboxylic acids is 1. The van der Waals surface area contributed by atoms with Gasteiger partial charge in [0.2, 0.25) is 0 Å². The molecule has 96 valence electrons. The van der Waals surface area contributed by atoms with E-state index in [0.29, 0.717) is 25.9 Å². The van der Waals surface area contributed by atoms with Crippen molar-refractivity contribution in [1.82, 2.24) is 10.2 Å². The molecule has 2 amide bonds. The van der Waals surface area contributed by atoms with Crippen molar-refractivity contribution in [2.75, 3.05) is 20.2 Å². The second-order valence-corrected chi connectivity index (χ2v) is 3.91. The van der Waals surface area contributed by atoms with Crippen LogP contribution in [0.25, 0.3) is 0 Å². The van der Waals surface area contributed by atoms with Crippen LogP contribution in [0.2, 0.25) is 0 Å². The molecule has 0 bridgehead atoms. The lowest BCUT2D eigenvalue weighted by Gasteiger charge is -2.21. The van der Waals surface area contributed by atoms with Crippen LogP contribution in [0.5, 0.6) is 0 Å². The van der Waals surface area contributed by atoms with Gasteiger partial charge in [0.1, 0.15) is 6.04 Å². The lowest BCUT2D eigenvalue weighted by atomic mass is 10.2. The first-order valence-electron chi connectivity index (χ1n) is 5.51. The highest BCUT2D eigenvalue weighted by Gasteiger charge is 2.39. The zero-order chi connectivity index (χ0) is 12.8. The first-order valence-corrected chi connectivity index (χ1v) is 5.51. The summed E-state index contributed by atoms with van der Waals surface area (Å²) in [6.45, 7) is 4.32. The van der Waals surface area contributed by atoms with Crippen molar-refractivity contribution in [3.63, 3.8) is 0 Å². The fraction of sp³-hybridized carbons (Fsp3) is 0.636. The Morgan fingerprint density at radius 2 is 2.35 bits per heavy atom. The van der Waals surface area contributed by atoms with Crippen LogP contribution in [0, 0.1) is 0 Å². The van der Waals surface area contributed by atoms with Crippen molar-refractivity contribution in [2.45, 2.75) is 25.0 Å². The highest BCUT2D eigenvalue weighted by molar-refractivity contribution is 5.83. The van der Waals surface area contributed by atoms with E-state index >= 15 is 0 Å². The fourth-order valence-corrected chi connectivity index (χ4v) is 1.81. The maximum Gasteiger partial charge on any atom is 0.326 e. The molecule has 0 spiro atoms. The summed E-state index contributed by atoms with van der Waals surface area (Å²) in [6.07, 6.45) is 2.48. The Morgan fingerprint density at radius 1 is 1.65 bits per heavy atom. The quantitative estimate of drug-likeness (QED) is 0.542. The van der Waals surface area contributed by atoms with E-state index in [9.17, 15) is 9.59 Å². The Kier molecular flexibility index (Phi) is 4.96. The molecule has 1 saturated heterocycles. The van der Waals surface area contributed by atoms with Gasteiger partial charge < -0.3 is 20.1 Å². The van der Waals surface area contributed by atoms with Crippen LogP contribution in [0.4, 0.5) is 4.79 Å². The van der Waals surface area contributed by atoms with Crippen molar-refractivity contribution in [3.05, 3.63) is 12.7 Å². The van der Waals surface area contributed by atoms with Gasteiger partial charge in [0.15, 0.2) is 0 Å². The van der Waals surface area contributed by atoms with Crippen LogP contribution in [0.1, 0.15) is 12.8 Å². The minimum Gasteiger partial charge on any atom is -0.480 e. The number of likely N-dealkylation sites (tertiary alicyclic amines) is 1. The monoisotopic (exact) mass is 242 g/mol. The van der Waals surface area contributed by atoms with Gasteiger partial charge in [0.25, 0.3) is 0 Å². The van der Waals surface area contributed by atoms with Gasteiger partial charge in [-0.05, 0) is 6.42 Å². The Hall–Kier alpha value is -1.56. The molecule has 0 aliphatic carbocycles. The normalized spacial score (nSPS) is 23.5. The van der Waals surface area contributed by atoms with E-state index in [4.69, 9.17) is 9.84 Å². The predicted molar refractivity (Wildman–Crippen MR) is 61.8 cm³/mol. The van der Waals surface area contributed by atoms with Crippen LogP contribution >= 0.6 is 0 Å². The van der Waals surface area contributed by atoms with Crippen LogP contribution < -0.4 is 5.32 Å². The molecule has 2 atom stereocenters. The molecule has 2 unspecified atom stereocenters. The Morgan fingerprint density at radius 3 is 2.88 bits per heavy atom. The summed E-state index contributed by atoms with van der Waals surface area (Å²) in [6, 6.07) is -1.16. The maximum atomic E-state index is 11.8. The van der Waals surface area contributed by atoms with Crippen molar-refractivity contribution in [2.24, 2.45) is 0 Å². The number of carbonyl (C=O) groups is 2. The molecule has 1 aliphatic rings. The number of ether oxygens (including phenoxy) is 1. The topological polar surface area (TPSA) is 78.9 Å². The summed E-state index contributed by atoms with van der Waals surface area (Å²) < 4.78 is 5.10. The van der Waals surface area contributed by atoms with Crippen molar-refractivity contribution < 1.29 is 19.4 Å². The van der Waals surface area contributed by atoms with E-state index in [1.54, 1.807) is 6.08 Å². The average molecular weight is 242 g/mol. The van der Waals surface area contributed by atoms with Gasteiger partial charge >= 0.3 is 12.0 Å². The van der Waals surface area contributed by atoms with Crippen LogP contribution in [0.15, 0.2) is 12.7 Å². The number of rotatable bonds is 5. The van der Waals surface area contributed by atoms with Crippen molar-refractivity contribution >= 4 is 12.0 Å². The lowest BCUT2D eigenvalue weighted by molar-refractivity contribution is -0.141. The number of aliphatic carboxylic acids is 1. The molecule has 1 aliphatic heterocycles. The number of hydrogen-bond donors (Lipinski definition) is 2. The molecule has 0 aromatic carbocycles. The number of urea groups is 1. The molecule has 0 aromatic rings. The molecule has 2 N–H and O–H groups in total. The van der Waals surface area contributed by atoms with E-state index in [-0.39, 0.29) is 12.1 Å². The third kappa shape index (κ3) is 3.45. The molecule has 1 fully saturated rings. The number of amides is 2. The average Bonchev–Trinajstić information content (AvgIpc) is 2.73. The number of nitrogens with one attached hydrogen (secondary N) is 1. The van der Waals surface area contributed by atoms with Crippen LogP contribution in [-0.4, -0.2) is 54.4 Å². The summed E-state index contributed by atoms with van der Waals surface area (Å²) in [5, 5.41) is 11.7. The number of carboxylic acids is 1. The highest BCUT2D eigenvalue weighted by atomic mass is 16.5. The number of hydrogen-bond acceptors (Lipinski definition) is 3. The third-order valence-electron chi connectivity index (χ3n) is 2.77. The maximum absolute atomic E-state index is 11.8. The van der Waals surface area contributed by atoms with Gasteiger partial charge in [0.05, 0.1) is 6.10 Å². The van der Waals surface area contributed by atoms with Crippen LogP contribution in [0.3, 0.4) is 0 Å². The van der Waals surface area contributed by atoms with E-state index < -0.39 is 12.0 Å². The van der Waals surface area contributed by atoms with Crippen LogP contribution in [-0.2, 0) is 9.53 Å². The predicted octanol–water partition coefficient (Wildman–Crippen LogP) is 0.446. The summed E-state index contributed by atoms with van der Waals surface area (Å²) >= 11 is 0. The molecule has 0 radical (unpaired) electrons. The molecule has 1 heterocycles. The van der Waals surface area contributed by atoms with Gasteiger partial charge in [-0.1, -0.05) is 6.08 Å². The molecule has 1 rings (SSSR count). The molecule has 6 nitrogen and oxygen atoms in total. The highest BCUT2D eigenvalue weighted by Crippen LogP contribution is 2.20. The second kappa shape index (κ2) is 6.24. The Labute approximate surface area is 100 Å². The standard InChI is InChI=1S/C11H18N2O4/c1-3-4-5-12-11(16)13-7-8(17-2)6-9(13)10(14)15/h3,8-9H,1,4-7H2,2H3,(H,12,16)(H,14,15). The molecule has 0 aromatic heterocycles. The van der Waals surface area contributed by atoms with E-state index in [1.807, 2.05) is 0 Å². The van der Waals surface area contributed by atoms with Crippen molar-refractivity contribution in [1.29, 1.82) is 0 Å². The Balaban J connectivity index is 2.56. The van der Waals surface area contributed by atoms with Gasteiger partial charge in [-0.2, -0.15) is 0 Å². The third-order valence-corrected chi connectivity index (χ3v) is 2.77. The first-order chi connectivity index (χ1) is 8.10. The van der Waals surface area contributed by atoms with E-state index in [2.05, 4.69) is 11.9 Å². The fourth-order valence-electron chi connectivity index (χ4n) is 1.81.